The predicted octanol–water partition coefficient (Wildman–Crippen LogP) is 3.22. The molecule has 0 saturated carbocycles. The summed E-state index contributed by atoms with van der Waals surface area (Å²) < 4.78 is 5.04. The van der Waals surface area contributed by atoms with Crippen LogP contribution in [0.15, 0.2) is 12.3 Å². The van der Waals surface area contributed by atoms with Gasteiger partial charge in [-0.3, -0.25) is 5.32 Å². The van der Waals surface area contributed by atoms with Crippen LogP contribution < -0.4 is 5.32 Å². The molecular weight excluding hydrogens is 178 g/mol. The van der Waals surface area contributed by atoms with Crippen LogP contribution in [-0.4, -0.2) is 11.7 Å². The van der Waals surface area contributed by atoms with Gasteiger partial charge in [0.15, 0.2) is 0 Å². The lowest BCUT2D eigenvalue weighted by Crippen LogP contribution is -2.29. The smallest absolute Gasteiger partial charge is 0.411 e. The summed E-state index contributed by atoms with van der Waals surface area (Å²) in [5.41, 5.74) is -0.429. The Hall–Kier alpha value is -0.990. The van der Waals surface area contributed by atoms with E-state index < -0.39 is 11.7 Å². The molecule has 0 atom stereocenters. The molecule has 0 aromatic carbocycles. The van der Waals surface area contributed by atoms with E-state index in [0.29, 0.717) is 0 Å². The number of carbonyl (C=O) groups is 1. The number of carbonyl (C=O) groups excluding carboxylic acids is 1. The fourth-order valence-electron chi connectivity index (χ4n) is 0.840. The first-order valence-electron chi connectivity index (χ1n) is 5.10. The predicted molar refractivity (Wildman–Crippen MR) is 58.0 cm³/mol. The van der Waals surface area contributed by atoms with Crippen molar-refractivity contribution in [1.29, 1.82) is 0 Å². The molecule has 0 rings (SSSR count). The Morgan fingerprint density at radius 1 is 1.43 bits per heavy atom. The largest absolute Gasteiger partial charge is 0.444 e. The quantitative estimate of drug-likeness (QED) is 0.706. The number of nitrogens with one attached hydrogen (secondary N) is 1. The molecule has 0 aromatic rings. The second-order valence-corrected chi connectivity index (χ2v) is 4.19. The van der Waals surface area contributed by atoms with Crippen LogP contribution in [0.1, 0.15) is 47.0 Å². The van der Waals surface area contributed by atoms with Gasteiger partial charge in [0.05, 0.1) is 0 Å². The molecule has 0 aliphatic heterocycles. The first kappa shape index (κ1) is 13.0. The van der Waals surface area contributed by atoms with Gasteiger partial charge in [0.2, 0.25) is 0 Å². The van der Waals surface area contributed by atoms with Crippen LogP contribution in [0, 0.1) is 0 Å². The summed E-state index contributed by atoms with van der Waals surface area (Å²) in [7, 11) is 0. The number of amides is 1. The van der Waals surface area contributed by atoms with Gasteiger partial charge in [-0.2, -0.15) is 0 Å². The fourth-order valence-corrected chi connectivity index (χ4v) is 0.840. The molecule has 0 fully saturated rings. The zero-order chi connectivity index (χ0) is 11.0. The highest BCUT2D eigenvalue weighted by molar-refractivity contribution is 5.68. The second kappa shape index (κ2) is 6.46. The molecule has 3 heteroatoms. The van der Waals surface area contributed by atoms with E-state index in [1.54, 1.807) is 6.20 Å². The second-order valence-electron chi connectivity index (χ2n) is 4.19. The molecule has 3 nitrogen and oxygen atoms in total. The van der Waals surface area contributed by atoms with Crippen LogP contribution in [0.25, 0.3) is 0 Å². The molecule has 82 valence electrons. The van der Waals surface area contributed by atoms with Crippen molar-refractivity contribution < 1.29 is 9.53 Å². The molecule has 0 unspecified atom stereocenters. The van der Waals surface area contributed by atoms with Crippen LogP contribution in [0.2, 0.25) is 0 Å². The minimum Gasteiger partial charge on any atom is -0.444 e. The number of rotatable bonds is 4. The summed E-state index contributed by atoms with van der Waals surface area (Å²) in [4.78, 5) is 11.1. The molecule has 14 heavy (non-hydrogen) atoms. The Kier molecular flexibility index (Phi) is 6.00. The summed E-state index contributed by atoms with van der Waals surface area (Å²) in [6, 6.07) is 0. The Labute approximate surface area is 86.5 Å². The van der Waals surface area contributed by atoms with Crippen LogP contribution in [-0.2, 0) is 4.74 Å². The van der Waals surface area contributed by atoms with Crippen molar-refractivity contribution in [2.24, 2.45) is 0 Å². The summed E-state index contributed by atoms with van der Waals surface area (Å²) in [5.74, 6) is 0. The van der Waals surface area contributed by atoms with Gasteiger partial charge in [-0.05, 0) is 27.2 Å². The first-order valence-corrected chi connectivity index (χ1v) is 5.10. The molecule has 0 spiro atoms. The number of ether oxygens (including phenoxy) is 1. The minimum absolute atomic E-state index is 0.398. The first-order chi connectivity index (χ1) is 6.45. The van der Waals surface area contributed by atoms with E-state index in [0.717, 1.165) is 19.3 Å². The number of allylic oxidation sites excluding steroid dienone is 1. The normalized spacial score (nSPS) is 11.7. The van der Waals surface area contributed by atoms with Crippen molar-refractivity contribution in [3.63, 3.8) is 0 Å². The maximum absolute atomic E-state index is 11.1. The molecule has 0 heterocycles. The molecule has 0 aromatic heterocycles. The van der Waals surface area contributed by atoms with Gasteiger partial charge in [-0.15, -0.1) is 0 Å². The minimum atomic E-state index is -0.429. The summed E-state index contributed by atoms with van der Waals surface area (Å²) in [6.07, 6.45) is 6.48. The van der Waals surface area contributed by atoms with Gasteiger partial charge < -0.3 is 4.74 Å². The lowest BCUT2D eigenvalue weighted by atomic mass is 10.2. The van der Waals surface area contributed by atoms with Gasteiger partial charge in [-0.1, -0.05) is 25.8 Å². The lowest BCUT2D eigenvalue weighted by Gasteiger charge is -2.18. The van der Waals surface area contributed by atoms with E-state index in [4.69, 9.17) is 4.74 Å². The Morgan fingerprint density at radius 2 is 2.07 bits per heavy atom. The van der Waals surface area contributed by atoms with Crippen molar-refractivity contribution in [2.45, 2.75) is 52.6 Å². The molecule has 1 N–H and O–H groups in total. The number of alkyl carbamates (subject to hydrolysis) is 1. The zero-order valence-electron chi connectivity index (χ0n) is 9.59. The zero-order valence-corrected chi connectivity index (χ0v) is 9.59. The van der Waals surface area contributed by atoms with Crippen molar-refractivity contribution in [1.82, 2.24) is 5.32 Å². The molecule has 0 saturated heterocycles. The van der Waals surface area contributed by atoms with Gasteiger partial charge in [-0.25, -0.2) is 4.79 Å². The van der Waals surface area contributed by atoms with Gasteiger partial charge in [0.25, 0.3) is 0 Å². The molecule has 0 radical (unpaired) electrons. The molecule has 0 bridgehead atoms. The van der Waals surface area contributed by atoms with E-state index in [9.17, 15) is 4.79 Å². The van der Waals surface area contributed by atoms with E-state index in [-0.39, 0.29) is 0 Å². The van der Waals surface area contributed by atoms with Gasteiger partial charge in [0, 0.05) is 6.20 Å². The van der Waals surface area contributed by atoms with Crippen LogP contribution >= 0.6 is 0 Å². The summed E-state index contributed by atoms with van der Waals surface area (Å²) in [5, 5.41) is 2.56. The van der Waals surface area contributed by atoms with E-state index in [2.05, 4.69) is 12.2 Å². The highest BCUT2D eigenvalue weighted by Crippen LogP contribution is 2.06. The number of hydrogen-bond donors (Lipinski definition) is 1. The SMILES string of the molecule is CCCC/C=C\NC(=O)OC(C)(C)C. The Balaban J connectivity index is 3.59. The summed E-state index contributed by atoms with van der Waals surface area (Å²) >= 11 is 0. The third-order valence-electron chi connectivity index (χ3n) is 1.44. The maximum atomic E-state index is 11.1. The number of unbranched alkanes of at least 4 members (excludes halogenated alkanes) is 2. The lowest BCUT2D eigenvalue weighted by molar-refractivity contribution is 0.0552. The van der Waals surface area contributed by atoms with E-state index >= 15 is 0 Å². The highest BCUT2D eigenvalue weighted by atomic mass is 16.6. The fraction of sp³-hybridized carbons (Fsp3) is 0.727. The van der Waals surface area contributed by atoms with Crippen LogP contribution in [0.5, 0.6) is 0 Å². The monoisotopic (exact) mass is 199 g/mol. The van der Waals surface area contributed by atoms with Gasteiger partial charge >= 0.3 is 6.09 Å². The van der Waals surface area contributed by atoms with Crippen LogP contribution in [0.3, 0.4) is 0 Å². The van der Waals surface area contributed by atoms with Gasteiger partial charge in [0.1, 0.15) is 5.60 Å². The third kappa shape index (κ3) is 9.10. The standard InChI is InChI=1S/C11H21NO2/c1-5-6-7-8-9-12-10(13)14-11(2,3)4/h8-9H,5-7H2,1-4H3,(H,12,13)/b9-8-. The van der Waals surface area contributed by atoms with Crippen molar-refractivity contribution in [2.75, 3.05) is 0 Å². The molecule has 0 aliphatic rings. The average molecular weight is 199 g/mol. The average Bonchev–Trinajstić information content (AvgIpc) is 2.00. The number of hydrogen-bond acceptors (Lipinski definition) is 2. The topological polar surface area (TPSA) is 38.3 Å². The molecule has 1 amide bonds. The summed E-state index contributed by atoms with van der Waals surface area (Å²) in [6.45, 7) is 7.66. The van der Waals surface area contributed by atoms with E-state index in [1.165, 1.54) is 0 Å². The van der Waals surface area contributed by atoms with E-state index in [1.807, 2.05) is 26.8 Å². The van der Waals surface area contributed by atoms with Crippen molar-refractivity contribution in [3.05, 3.63) is 12.3 Å². The van der Waals surface area contributed by atoms with Crippen molar-refractivity contribution in [3.8, 4) is 0 Å². The van der Waals surface area contributed by atoms with Crippen molar-refractivity contribution >= 4 is 6.09 Å². The maximum Gasteiger partial charge on any atom is 0.411 e. The van der Waals surface area contributed by atoms with Crippen LogP contribution in [0.4, 0.5) is 4.79 Å². The Bertz CT molecular complexity index is 192. The third-order valence-corrected chi connectivity index (χ3v) is 1.44. The molecule has 0 aliphatic carbocycles. The highest BCUT2D eigenvalue weighted by Gasteiger charge is 2.14. The Morgan fingerprint density at radius 3 is 2.57 bits per heavy atom. The molecular formula is C11H21NO2.